The van der Waals surface area contributed by atoms with Crippen LogP contribution in [-0.4, -0.2) is 52.5 Å². The van der Waals surface area contributed by atoms with Crippen molar-refractivity contribution in [2.75, 3.05) is 0 Å². The highest BCUT2D eigenvalue weighted by Crippen LogP contribution is 2.37. The smallest absolute Gasteiger partial charge is 0.423 e. The molecule has 0 fully saturated rings. The molecule has 4 aromatic heterocycles. The summed E-state index contributed by atoms with van der Waals surface area (Å²) in [6, 6.07) is 37.2. The Labute approximate surface area is 366 Å². The minimum atomic E-state index is -3.78. The van der Waals surface area contributed by atoms with E-state index in [1.54, 1.807) is 54.9 Å². The third kappa shape index (κ3) is 10.4. The van der Waals surface area contributed by atoms with Crippen molar-refractivity contribution in [3.05, 3.63) is 169 Å². The molecule has 18 heteroatoms. The Balaban J connectivity index is 0.000000167. The van der Waals surface area contributed by atoms with Gasteiger partial charge in [0.1, 0.15) is 9.21 Å². The van der Waals surface area contributed by atoms with Crippen LogP contribution in [0.25, 0.3) is 38.6 Å². The number of hydrogen-bond acceptors (Lipinski definition) is 8. The lowest BCUT2D eigenvalue weighted by Crippen LogP contribution is -2.29. The maximum Gasteiger partial charge on any atom is 0.490 e. The first-order valence-corrected chi connectivity index (χ1v) is 21.5. The molecular weight excluding hydrogens is 1040 g/mol. The van der Waals surface area contributed by atoms with E-state index >= 15 is 0 Å². The summed E-state index contributed by atoms with van der Waals surface area (Å²) in [4.78, 5) is 8.25. The van der Waals surface area contributed by atoms with Crippen LogP contribution < -0.4 is 5.46 Å². The van der Waals surface area contributed by atoms with Gasteiger partial charge in [-0.15, -0.1) is 0 Å². The fraction of sp³-hybridized carbons (Fsp3) is 0. The van der Waals surface area contributed by atoms with Gasteiger partial charge in [-0.05, 0) is 103 Å². The zero-order chi connectivity index (χ0) is 40.4. The number of pyridine rings is 2. The van der Waals surface area contributed by atoms with Gasteiger partial charge in [-0.2, -0.15) is 8.42 Å². The molecule has 0 aliphatic carbocycles. The summed E-state index contributed by atoms with van der Waals surface area (Å²) in [6.07, 6.45) is 6.67. The summed E-state index contributed by atoms with van der Waals surface area (Å²) in [6.45, 7) is 0. The van der Waals surface area contributed by atoms with E-state index < -0.39 is 28.7 Å². The van der Waals surface area contributed by atoms with Gasteiger partial charge in [0, 0.05) is 61.4 Å². The molecule has 4 aromatic carbocycles. The number of benzene rings is 4. The molecule has 0 spiro atoms. The first-order valence-electron chi connectivity index (χ1n) is 16.0. The number of halogens is 5. The second kappa shape index (κ2) is 20.1. The summed E-state index contributed by atoms with van der Waals surface area (Å²) in [5.74, 6) is 0. The number of aromatic nitrogens is 4. The monoisotopic (exact) mass is 1060 g/mol. The highest BCUT2D eigenvalue weighted by Gasteiger charge is 2.25. The molecule has 0 unspecified atom stereocenters. The van der Waals surface area contributed by atoms with Crippen LogP contribution in [-0.2, 0) is 21.6 Å². The van der Waals surface area contributed by atoms with Crippen molar-refractivity contribution in [2.24, 2.45) is 0 Å². The lowest BCUT2D eigenvalue weighted by Gasteiger charge is -2.07. The van der Waals surface area contributed by atoms with E-state index in [-0.39, 0.29) is 10.4 Å². The van der Waals surface area contributed by atoms with Gasteiger partial charge in [-0.1, -0.05) is 96.0 Å². The molecule has 0 radical (unpaired) electrons. The Morgan fingerprint density at radius 1 is 0.679 bits per heavy atom. The number of nitrogens with zero attached hydrogens (tertiary/aromatic N) is 4. The second-order valence-corrected chi connectivity index (χ2v) is 16.9. The van der Waals surface area contributed by atoms with Crippen molar-refractivity contribution < 1.29 is 26.9 Å². The zero-order valence-corrected chi connectivity index (χ0v) is 36.9. The Morgan fingerprint density at radius 3 is 1.79 bits per heavy atom. The Morgan fingerprint density at radius 2 is 1.20 bits per heavy atom. The van der Waals surface area contributed by atoms with Crippen LogP contribution in [0.3, 0.4) is 0 Å². The number of fused-ring (bicyclic) bond motifs is 2. The third-order valence-electron chi connectivity index (χ3n) is 7.92. The van der Waals surface area contributed by atoms with E-state index in [1.165, 1.54) is 18.3 Å². The van der Waals surface area contributed by atoms with Gasteiger partial charge in [-0.3, -0.25) is 0 Å². The molecule has 284 valence electrons. The summed E-state index contributed by atoms with van der Waals surface area (Å²) >= 11 is 20.1. The third-order valence-corrected chi connectivity index (χ3v) is 12.3. The number of para-hydroxylation sites is 3. The molecule has 0 amide bonds. The maximum absolute atomic E-state index is 12.7. The first-order chi connectivity index (χ1) is 26.9. The molecular formula is C38H26BBr2Cl2IN4O6S2. The minimum absolute atomic E-state index is 0.143. The van der Waals surface area contributed by atoms with Crippen molar-refractivity contribution >= 4 is 134 Å². The highest BCUT2D eigenvalue weighted by molar-refractivity contribution is 14.1. The average Bonchev–Trinajstić information content (AvgIpc) is 3.79. The van der Waals surface area contributed by atoms with E-state index in [0.717, 1.165) is 44.5 Å². The number of rotatable bonds is 5. The summed E-state index contributed by atoms with van der Waals surface area (Å²) in [5, 5.41) is 21.8. The van der Waals surface area contributed by atoms with Crippen LogP contribution in [0.2, 0.25) is 10.0 Å². The fourth-order valence-corrected chi connectivity index (χ4v) is 8.72. The van der Waals surface area contributed by atoms with Gasteiger partial charge in [-0.25, -0.2) is 22.4 Å². The Bertz CT molecular complexity index is 2760. The van der Waals surface area contributed by atoms with Crippen LogP contribution in [0.5, 0.6) is 0 Å². The average molecular weight is 1070 g/mol. The van der Waals surface area contributed by atoms with Crippen LogP contribution in [0, 0.1) is 3.57 Å². The SMILES string of the molecule is Clc1cnc(Br)cc1-c1cn(-c2ccccc2)c2ccccc12.Clc1cnc(Br)cc1I.O=S(=O)(c1ccccc1)n1cc(B(O)O)c2ccccc21.O=S=O. The second-order valence-electron chi connectivity index (χ2n) is 11.3. The van der Waals surface area contributed by atoms with Crippen molar-refractivity contribution in [1.29, 1.82) is 0 Å². The normalized spacial score (nSPS) is 10.7. The highest BCUT2D eigenvalue weighted by atomic mass is 127. The zero-order valence-electron chi connectivity index (χ0n) is 28.5. The molecule has 0 saturated carbocycles. The maximum atomic E-state index is 12.7. The van der Waals surface area contributed by atoms with Gasteiger partial charge >= 0.3 is 18.7 Å². The van der Waals surface area contributed by atoms with Crippen molar-refractivity contribution in [2.45, 2.75) is 4.90 Å². The topological polar surface area (TPSA) is 144 Å². The Hall–Kier alpha value is -3.72. The van der Waals surface area contributed by atoms with Crippen LogP contribution in [0.4, 0.5) is 0 Å². The summed E-state index contributed by atoms with van der Waals surface area (Å²) in [5.41, 5.74) is 4.91. The molecule has 0 aliphatic heterocycles. The van der Waals surface area contributed by atoms with Crippen molar-refractivity contribution in [3.8, 4) is 16.8 Å². The van der Waals surface area contributed by atoms with E-state index in [2.05, 4.69) is 106 Å². The lowest BCUT2D eigenvalue weighted by molar-refractivity contribution is 0.426. The molecule has 2 N–H and O–H groups in total. The Kier molecular flexibility index (Phi) is 15.6. The molecule has 8 aromatic rings. The van der Waals surface area contributed by atoms with E-state index in [4.69, 9.17) is 31.6 Å². The quantitative estimate of drug-likeness (QED) is 0.0988. The van der Waals surface area contributed by atoms with Crippen molar-refractivity contribution in [3.63, 3.8) is 0 Å². The molecule has 10 nitrogen and oxygen atoms in total. The fourth-order valence-electron chi connectivity index (χ4n) is 5.49. The lowest BCUT2D eigenvalue weighted by atomic mass is 9.80. The standard InChI is InChI=1S/C19H12BrClN2.C14H12BNO4S.C5H2BrClIN.O2S/c20-19-10-15(17(21)11-22-19)16-12-23(13-6-2-1-3-7-13)18-9-5-4-8-14(16)18;17-15(18)13-10-16(14-9-5-4-8-12(13)14)21(19,20)11-6-2-1-3-7-11;6-5-1-4(8)3(7)2-9-5;1-3-2/h1-12H;1-10,17-18H;1-2H;. The largest absolute Gasteiger partial charge is 0.490 e. The molecule has 8 rings (SSSR count). The molecule has 0 atom stereocenters. The van der Waals surface area contributed by atoms with Gasteiger partial charge in [0.25, 0.3) is 10.0 Å². The molecule has 0 aliphatic rings. The van der Waals surface area contributed by atoms with Crippen LogP contribution in [0.15, 0.2) is 160 Å². The van der Waals surface area contributed by atoms with Gasteiger partial charge in [0.05, 0.1) is 26.0 Å². The van der Waals surface area contributed by atoms with E-state index in [9.17, 15) is 18.5 Å². The number of hydrogen-bond donors (Lipinski definition) is 2. The summed E-state index contributed by atoms with van der Waals surface area (Å²) < 4.78 is 47.8. The summed E-state index contributed by atoms with van der Waals surface area (Å²) in [7, 11) is -5.52. The van der Waals surface area contributed by atoms with Crippen LogP contribution >= 0.6 is 77.7 Å². The van der Waals surface area contributed by atoms with Gasteiger partial charge in [0.2, 0.25) is 0 Å². The van der Waals surface area contributed by atoms with Gasteiger partial charge in [0.15, 0.2) is 0 Å². The molecule has 4 heterocycles. The molecule has 0 bridgehead atoms. The van der Waals surface area contributed by atoms with Crippen LogP contribution in [0.1, 0.15) is 0 Å². The molecule has 56 heavy (non-hydrogen) atoms. The van der Waals surface area contributed by atoms with E-state index in [0.29, 0.717) is 20.9 Å². The van der Waals surface area contributed by atoms with Crippen molar-refractivity contribution in [1.82, 2.24) is 18.5 Å². The predicted octanol–water partition coefficient (Wildman–Crippen LogP) is 9.10. The van der Waals surface area contributed by atoms with Gasteiger partial charge < -0.3 is 14.6 Å². The minimum Gasteiger partial charge on any atom is -0.423 e. The van der Waals surface area contributed by atoms with E-state index in [1.807, 2.05) is 36.4 Å². The molecule has 0 saturated heterocycles. The first kappa shape index (κ1) is 43.4. The predicted molar refractivity (Wildman–Crippen MR) is 239 cm³/mol.